The second kappa shape index (κ2) is 11.0. The lowest BCUT2D eigenvalue weighted by Crippen LogP contribution is -2.54. The number of halogens is 7. The number of aryl methyl sites for hydroxylation is 1. The monoisotopic (exact) mass is 595 g/mol. The second-order valence-corrected chi connectivity index (χ2v) is 12.3. The van der Waals surface area contributed by atoms with E-state index in [4.69, 9.17) is 0 Å². The molecule has 0 bridgehead atoms. The van der Waals surface area contributed by atoms with Gasteiger partial charge < -0.3 is 5.11 Å². The van der Waals surface area contributed by atoms with Crippen LogP contribution in [0.25, 0.3) is 0 Å². The van der Waals surface area contributed by atoms with Crippen molar-refractivity contribution in [2.75, 3.05) is 4.31 Å². The Morgan fingerprint density at radius 2 is 1.48 bits per heavy atom. The van der Waals surface area contributed by atoms with Crippen molar-refractivity contribution in [1.29, 1.82) is 0 Å². The van der Waals surface area contributed by atoms with Gasteiger partial charge in [-0.3, -0.25) is 9.10 Å². The summed E-state index contributed by atoms with van der Waals surface area (Å²) < 4.78 is 123. The molecule has 4 rings (SSSR count). The summed E-state index contributed by atoms with van der Waals surface area (Å²) >= 11 is 0. The van der Waals surface area contributed by atoms with Crippen molar-refractivity contribution >= 4 is 21.5 Å². The average molecular weight is 596 g/mol. The largest absolute Gasteiger partial charge is 0.430 e. The molecule has 1 fully saturated rings. The Morgan fingerprint density at radius 1 is 0.875 bits per heavy atom. The highest BCUT2D eigenvalue weighted by Crippen LogP contribution is 2.51. The van der Waals surface area contributed by atoms with Gasteiger partial charge in [-0.2, -0.15) is 26.3 Å². The zero-order chi connectivity index (χ0) is 29.5. The maximum atomic E-state index is 13.7. The van der Waals surface area contributed by atoms with Crippen molar-refractivity contribution in [3.05, 3.63) is 59.4 Å². The van der Waals surface area contributed by atoms with E-state index in [1.165, 1.54) is 0 Å². The zero-order valence-electron chi connectivity index (χ0n) is 21.2. The molecule has 2 aromatic rings. The van der Waals surface area contributed by atoms with E-state index in [0.717, 1.165) is 66.7 Å². The van der Waals surface area contributed by atoms with Crippen molar-refractivity contribution in [3.63, 3.8) is 0 Å². The molecule has 220 valence electrons. The molecule has 5 nitrogen and oxygen atoms in total. The van der Waals surface area contributed by atoms with Crippen LogP contribution in [-0.4, -0.2) is 37.7 Å². The van der Waals surface area contributed by atoms with Gasteiger partial charge in [0.2, 0.25) is 0 Å². The number of ketones is 1. The molecule has 0 unspecified atom stereocenters. The molecule has 2 aromatic carbocycles. The third-order valence-electron chi connectivity index (χ3n) is 7.71. The molecular formula is C27H28F7NO4S. The van der Waals surface area contributed by atoms with Gasteiger partial charge in [0.05, 0.1) is 16.6 Å². The Balaban J connectivity index is 1.76. The van der Waals surface area contributed by atoms with E-state index in [0.29, 0.717) is 12.1 Å². The number of rotatable bonds is 7. The molecule has 1 heterocycles. The number of benzene rings is 2. The smallest absolute Gasteiger partial charge is 0.369 e. The predicted octanol–water partition coefficient (Wildman–Crippen LogP) is 6.58. The molecule has 0 aromatic heterocycles. The van der Waals surface area contributed by atoms with Gasteiger partial charge in [-0.25, -0.2) is 12.8 Å². The zero-order valence-corrected chi connectivity index (χ0v) is 22.0. The molecule has 0 radical (unpaired) electrons. The number of aliphatic hydroxyl groups is 1. The Kier molecular flexibility index (Phi) is 8.30. The lowest BCUT2D eigenvalue weighted by Gasteiger charge is -2.39. The van der Waals surface area contributed by atoms with E-state index >= 15 is 0 Å². The maximum Gasteiger partial charge on any atom is 0.430 e. The molecule has 1 aliphatic carbocycles. The third kappa shape index (κ3) is 5.72. The number of nitrogens with zero attached hydrogens (tertiary/aromatic N) is 1. The Morgan fingerprint density at radius 3 is 2.05 bits per heavy atom. The first-order chi connectivity index (χ1) is 18.6. The van der Waals surface area contributed by atoms with Crippen molar-refractivity contribution in [1.82, 2.24) is 0 Å². The van der Waals surface area contributed by atoms with Crippen LogP contribution in [0.1, 0.15) is 62.5 Å². The number of fused-ring (bicyclic) bond motifs is 1. The minimum absolute atomic E-state index is 0.0657. The number of carbonyl (C=O) groups excluding carboxylic acids is 1. The molecule has 2 aliphatic rings. The molecule has 0 saturated heterocycles. The number of sulfonamides is 1. The number of anilines is 1. The van der Waals surface area contributed by atoms with Crippen molar-refractivity contribution in [2.24, 2.45) is 5.92 Å². The summed E-state index contributed by atoms with van der Waals surface area (Å²) in [6.07, 6.45) is -7.56. The molecular weight excluding hydrogens is 567 g/mol. The highest BCUT2D eigenvalue weighted by molar-refractivity contribution is 7.92. The van der Waals surface area contributed by atoms with Crippen molar-refractivity contribution in [3.8, 4) is 0 Å². The molecule has 1 saturated carbocycles. The first-order valence-electron chi connectivity index (χ1n) is 12.9. The van der Waals surface area contributed by atoms with Crippen LogP contribution in [0.5, 0.6) is 0 Å². The SMILES string of the molecule is O=C(CC1CCCCC1)C[C@@H]1CCc2cc(C(O)(C(F)(F)F)C(F)(F)F)ccc2N1S(=O)(=O)c1ccc(F)cc1. The molecule has 1 N–H and O–H groups in total. The summed E-state index contributed by atoms with van der Waals surface area (Å²) in [6.45, 7) is 0. The second-order valence-electron chi connectivity index (χ2n) is 10.4. The molecule has 0 amide bonds. The topological polar surface area (TPSA) is 74.7 Å². The normalized spacial score (nSPS) is 19.4. The van der Waals surface area contributed by atoms with Crippen LogP contribution < -0.4 is 4.31 Å². The van der Waals surface area contributed by atoms with Gasteiger partial charge in [0.1, 0.15) is 11.6 Å². The molecule has 13 heteroatoms. The Labute approximate surface area is 227 Å². The fourth-order valence-electron chi connectivity index (χ4n) is 5.64. The lowest BCUT2D eigenvalue weighted by atomic mass is 9.84. The first kappa shape index (κ1) is 30.3. The van der Waals surface area contributed by atoms with E-state index in [1.807, 2.05) is 0 Å². The summed E-state index contributed by atoms with van der Waals surface area (Å²) in [4.78, 5) is 12.6. The molecule has 40 heavy (non-hydrogen) atoms. The van der Waals surface area contributed by atoms with Gasteiger partial charge in [0, 0.05) is 18.4 Å². The van der Waals surface area contributed by atoms with E-state index in [-0.39, 0.29) is 53.5 Å². The quantitative estimate of drug-likeness (QED) is 0.367. The predicted molar refractivity (Wildman–Crippen MR) is 131 cm³/mol. The standard InChI is InChI=1S/C27H28F7NO4S/c28-20-8-11-23(12-9-20)40(38,39)35-21(16-22(36)14-17-4-2-1-3-5-17)10-6-18-15-19(7-13-24(18)35)25(37,26(29,30)31)27(32,33)34/h7-9,11-13,15,17,21,37H,1-6,10,14,16H2/t21-/m0/s1. The minimum Gasteiger partial charge on any atom is -0.369 e. The summed E-state index contributed by atoms with van der Waals surface area (Å²) in [5.74, 6) is -0.746. The Hall–Kier alpha value is -2.67. The van der Waals surface area contributed by atoms with Gasteiger partial charge in [0.15, 0.2) is 0 Å². The number of hydrogen-bond donors (Lipinski definition) is 1. The van der Waals surface area contributed by atoms with Crippen LogP contribution in [0.2, 0.25) is 0 Å². The third-order valence-corrected chi connectivity index (χ3v) is 9.59. The van der Waals surface area contributed by atoms with Crippen molar-refractivity contribution < 1.29 is 49.1 Å². The highest BCUT2D eigenvalue weighted by atomic mass is 32.2. The van der Waals surface area contributed by atoms with Crippen LogP contribution in [0.4, 0.5) is 36.4 Å². The van der Waals surface area contributed by atoms with Crippen LogP contribution in [0.3, 0.4) is 0 Å². The van der Waals surface area contributed by atoms with Gasteiger partial charge in [-0.15, -0.1) is 0 Å². The minimum atomic E-state index is -6.11. The maximum absolute atomic E-state index is 13.7. The van der Waals surface area contributed by atoms with E-state index in [1.54, 1.807) is 0 Å². The Bertz CT molecular complexity index is 1320. The summed E-state index contributed by atoms with van der Waals surface area (Å²) in [6, 6.07) is 4.48. The fourth-order valence-corrected chi connectivity index (χ4v) is 7.36. The average Bonchev–Trinajstić information content (AvgIpc) is 2.87. The summed E-state index contributed by atoms with van der Waals surface area (Å²) in [5, 5.41) is 9.85. The van der Waals surface area contributed by atoms with Gasteiger partial charge >= 0.3 is 12.4 Å². The number of carbonyl (C=O) groups is 1. The molecule has 1 aliphatic heterocycles. The molecule has 0 spiro atoms. The fraction of sp³-hybridized carbons (Fsp3) is 0.519. The highest BCUT2D eigenvalue weighted by Gasteiger charge is 2.71. The number of Topliss-reactive ketones (excluding diaryl/α,β-unsaturated/α-hetero) is 1. The van der Waals surface area contributed by atoms with E-state index in [9.17, 15) is 49.1 Å². The number of hydrogen-bond acceptors (Lipinski definition) is 4. The van der Waals surface area contributed by atoms with Crippen LogP contribution >= 0.6 is 0 Å². The summed E-state index contributed by atoms with van der Waals surface area (Å²) in [5.41, 5.74) is -7.06. The molecule has 1 atom stereocenters. The van der Waals surface area contributed by atoms with Crippen LogP contribution in [0, 0.1) is 11.7 Å². The van der Waals surface area contributed by atoms with E-state index in [2.05, 4.69) is 0 Å². The number of alkyl halides is 6. The lowest BCUT2D eigenvalue weighted by molar-refractivity contribution is -0.376. The van der Waals surface area contributed by atoms with Crippen LogP contribution in [-0.2, 0) is 26.8 Å². The van der Waals surface area contributed by atoms with Crippen molar-refractivity contribution in [2.45, 2.75) is 86.7 Å². The van der Waals surface area contributed by atoms with Gasteiger partial charge in [-0.05, 0) is 54.7 Å². The van der Waals surface area contributed by atoms with Gasteiger partial charge in [-0.1, -0.05) is 44.2 Å². The first-order valence-corrected chi connectivity index (χ1v) is 14.3. The summed E-state index contributed by atoms with van der Waals surface area (Å²) in [7, 11) is -4.52. The van der Waals surface area contributed by atoms with E-state index < -0.39 is 45.4 Å². The van der Waals surface area contributed by atoms with Gasteiger partial charge in [0.25, 0.3) is 15.6 Å². The van der Waals surface area contributed by atoms with Crippen LogP contribution in [0.15, 0.2) is 47.4 Å².